The lowest BCUT2D eigenvalue weighted by atomic mass is 9.73. The zero-order valence-electron chi connectivity index (χ0n) is 23.1. The van der Waals surface area contributed by atoms with Gasteiger partial charge in [0.15, 0.2) is 0 Å². The van der Waals surface area contributed by atoms with Crippen LogP contribution in [0.25, 0.3) is 11.3 Å². The highest BCUT2D eigenvalue weighted by Gasteiger charge is 2.38. The number of carbonyl (C=O) groups is 3. The first-order valence-corrected chi connectivity index (χ1v) is 13.5. The first kappa shape index (κ1) is 30.3. The second-order valence-electron chi connectivity index (χ2n) is 10.3. The SMILES string of the molecule is CC(C)C[C@H](NC(=O)[C@@H](NC(=O)c1cccc(-c2ccccc2)n1)[C@@H](C)O)B1OCCCN(C)CCC(=O)O1. The normalized spacial score (nSPS) is 17.6. The molecule has 1 fully saturated rings. The van der Waals surface area contributed by atoms with E-state index < -0.39 is 43.0 Å². The van der Waals surface area contributed by atoms with Crippen molar-refractivity contribution in [2.24, 2.45) is 5.92 Å². The third kappa shape index (κ3) is 9.45. The molecule has 2 amide bonds. The first-order valence-electron chi connectivity index (χ1n) is 13.5. The van der Waals surface area contributed by atoms with E-state index in [0.717, 1.165) is 18.5 Å². The summed E-state index contributed by atoms with van der Waals surface area (Å²) in [5, 5.41) is 15.9. The van der Waals surface area contributed by atoms with Crippen molar-refractivity contribution in [3.8, 4) is 11.3 Å². The van der Waals surface area contributed by atoms with Gasteiger partial charge in [0.25, 0.3) is 11.9 Å². The minimum Gasteiger partial charge on any atom is -0.508 e. The van der Waals surface area contributed by atoms with Crippen molar-refractivity contribution in [3.63, 3.8) is 0 Å². The lowest BCUT2D eigenvalue weighted by molar-refractivity contribution is -0.137. The highest BCUT2D eigenvalue weighted by molar-refractivity contribution is 6.49. The zero-order chi connectivity index (χ0) is 28.4. The summed E-state index contributed by atoms with van der Waals surface area (Å²) >= 11 is 0. The Morgan fingerprint density at radius 1 is 1.08 bits per heavy atom. The Balaban J connectivity index is 1.74. The number of pyridine rings is 1. The van der Waals surface area contributed by atoms with E-state index in [-0.39, 0.29) is 18.0 Å². The summed E-state index contributed by atoms with van der Waals surface area (Å²) < 4.78 is 11.5. The highest BCUT2D eigenvalue weighted by Crippen LogP contribution is 2.17. The van der Waals surface area contributed by atoms with E-state index in [2.05, 4.69) is 15.6 Å². The van der Waals surface area contributed by atoms with E-state index in [1.54, 1.807) is 18.2 Å². The third-order valence-corrected chi connectivity index (χ3v) is 6.40. The van der Waals surface area contributed by atoms with Crippen LogP contribution in [-0.2, 0) is 18.9 Å². The Kier molecular flexibility index (Phi) is 11.5. The number of hydrogen-bond acceptors (Lipinski definition) is 8. The Hall–Kier alpha value is -3.28. The molecule has 1 saturated heterocycles. The fourth-order valence-electron chi connectivity index (χ4n) is 4.32. The molecule has 1 aromatic heterocycles. The smallest absolute Gasteiger partial charge is 0.508 e. The molecule has 39 heavy (non-hydrogen) atoms. The van der Waals surface area contributed by atoms with Crippen LogP contribution in [0, 0.1) is 5.92 Å². The Bertz CT molecular complexity index is 1100. The van der Waals surface area contributed by atoms with Gasteiger partial charge in [0.1, 0.15) is 11.7 Å². The molecule has 2 heterocycles. The fourth-order valence-corrected chi connectivity index (χ4v) is 4.32. The summed E-state index contributed by atoms with van der Waals surface area (Å²) in [6.45, 7) is 7.09. The monoisotopic (exact) mass is 538 g/mol. The number of hydrogen-bond donors (Lipinski definition) is 3. The van der Waals surface area contributed by atoms with E-state index in [9.17, 15) is 19.5 Å². The van der Waals surface area contributed by atoms with Gasteiger partial charge in [-0.1, -0.05) is 50.2 Å². The predicted molar refractivity (Wildman–Crippen MR) is 149 cm³/mol. The van der Waals surface area contributed by atoms with E-state index in [1.807, 2.05) is 56.1 Å². The van der Waals surface area contributed by atoms with Gasteiger partial charge in [0.05, 0.1) is 24.2 Å². The quantitative estimate of drug-likeness (QED) is 0.414. The van der Waals surface area contributed by atoms with Crippen LogP contribution >= 0.6 is 0 Å². The number of aliphatic hydroxyl groups is 1. The predicted octanol–water partition coefficient (Wildman–Crippen LogP) is 2.07. The Morgan fingerprint density at radius 3 is 2.51 bits per heavy atom. The molecule has 2 aromatic rings. The number of carbonyl (C=O) groups excluding carboxylic acids is 3. The van der Waals surface area contributed by atoms with Crippen LogP contribution in [0.2, 0.25) is 0 Å². The van der Waals surface area contributed by atoms with Crippen molar-refractivity contribution in [1.82, 2.24) is 20.5 Å². The third-order valence-electron chi connectivity index (χ3n) is 6.40. The minimum atomic E-state index is -1.27. The second-order valence-corrected chi connectivity index (χ2v) is 10.3. The largest absolute Gasteiger partial charge is 0.551 e. The van der Waals surface area contributed by atoms with Gasteiger partial charge in [-0.3, -0.25) is 14.4 Å². The van der Waals surface area contributed by atoms with Gasteiger partial charge in [-0.05, 0) is 51.4 Å². The van der Waals surface area contributed by atoms with E-state index >= 15 is 0 Å². The van der Waals surface area contributed by atoms with Gasteiger partial charge < -0.3 is 29.9 Å². The lowest BCUT2D eigenvalue weighted by Gasteiger charge is -2.29. The van der Waals surface area contributed by atoms with E-state index in [1.165, 1.54) is 6.92 Å². The lowest BCUT2D eigenvalue weighted by Crippen LogP contribution is -2.58. The average molecular weight is 538 g/mol. The van der Waals surface area contributed by atoms with Crippen LogP contribution in [0.4, 0.5) is 0 Å². The molecule has 3 N–H and O–H groups in total. The van der Waals surface area contributed by atoms with Crippen LogP contribution < -0.4 is 10.6 Å². The molecule has 0 unspecified atom stereocenters. The molecule has 0 aliphatic carbocycles. The molecule has 10 nitrogen and oxygen atoms in total. The summed E-state index contributed by atoms with van der Waals surface area (Å²) in [4.78, 5) is 45.4. The first-order chi connectivity index (χ1) is 18.6. The summed E-state index contributed by atoms with van der Waals surface area (Å²) in [6, 6.07) is 13.2. The molecule has 0 radical (unpaired) electrons. The number of nitrogens with one attached hydrogen (secondary N) is 2. The number of aliphatic hydroxyl groups excluding tert-OH is 1. The molecule has 11 heteroatoms. The maximum atomic E-state index is 13.4. The Morgan fingerprint density at radius 2 is 1.82 bits per heavy atom. The number of rotatable bonds is 9. The van der Waals surface area contributed by atoms with Gasteiger partial charge in [-0.15, -0.1) is 0 Å². The van der Waals surface area contributed by atoms with Gasteiger partial charge in [0, 0.05) is 18.7 Å². The maximum Gasteiger partial charge on any atom is 0.551 e. The van der Waals surface area contributed by atoms with Crippen LogP contribution in [-0.4, -0.2) is 84.7 Å². The summed E-state index contributed by atoms with van der Waals surface area (Å²) in [7, 11) is 0.952. The molecule has 210 valence electrons. The molecule has 0 spiro atoms. The maximum absolute atomic E-state index is 13.4. The highest BCUT2D eigenvalue weighted by atomic mass is 16.6. The van der Waals surface area contributed by atoms with Gasteiger partial charge >= 0.3 is 7.12 Å². The molecule has 1 aromatic carbocycles. The molecular formula is C28H39BN4O6. The van der Waals surface area contributed by atoms with Crippen molar-refractivity contribution in [2.75, 3.05) is 26.7 Å². The number of amides is 2. The van der Waals surface area contributed by atoms with E-state index in [4.69, 9.17) is 9.31 Å². The number of benzene rings is 1. The van der Waals surface area contributed by atoms with E-state index in [0.29, 0.717) is 25.3 Å². The molecular weight excluding hydrogens is 499 g/mol. The Labute approximate surface area is 230 Å². The molecule has 0 saturated carbocycles. The fraction of sp³-hybridized carbons (Fsp3) is 0.500. The van der Waals surface area contributed by atoms with Crippen LogP contribution in [0.5, 0.6) is 0 Å². The van der Waals surface area contributed by atoms with Crippen LogP contribution in [0.15, 0.2) is 48.5 Å². The van der Waals surface area contributed by atoms with Crippen molar-refractivity contribution in [1.29, 1.82) is 0 Å². The van der Waals surface area contributed by atoms with Crippen molar-refractivity contribution in [3.05, 3.63) is 54.2 Å². The van der Waals surface area contributed by atoms with Crippen molar-refractivity contribution in [2.45, 2.75) is 58.1 Å². The topological polar surface area (TPSA) is 130 Å². The molecule has 3 atom stereocenters. The minimum absolute atomic E-state index is 0.114. The molecule has 1 aliphatic heterocycles. The summed E-state index contributed by atoms with van der Waals surface area (Å²) in [5.74, 6) is -2.15. The second kappa shape index (κ2) is 14.8. The van der Waals surface area contributed by atoms with Crippen molar-refractivity contribution < 1.29 is 28.8 Å². The zero-order valence-corrected chi connectivity index (χ0v) is 23.1. The van der Waals surface area contributed by atoms with Crippen LogP contribution in [0.1, 0.15) is 50.5 Å². The number of nitrogens with zero attached hydrogens (tertiary/aromatic N) is 2. The molecule has 3 rings (SSSR count). The van der Waals surface area contributed by atoms with Gasteiger partial charge in [-0.2, -0.15) is 0 Å². The average Bonchev–Trinajstić information content (AvgIpc) is 2.91. The summed E-state index contributed by atoms with van der Waals surface area (Å²) in [6.07, 6.45) is 0.216. The molecule has 1 aliphatic rings. The molecule has 0 bridgehead atoms. The van der Waals surface area contributed by atoms with Crippen LogP contribution in [0.3, 0.4) is 0 Å². The number of aromatic nitrogens is 1. The summed E-state index contributed by atoms with van der Waals surface area (Å²) in [5.41, 5.74) is 1.57. The standard InChI is InChI=1S/C28H39BN4O6/c1-19(2)18-24(29-38-17-9-15-33(4)16-14-25(35)39-29)31-28(37)26(20(3)34)32-27(36)23-13-8-12-22(30-23)21-10-6-5-7-11-21/h5-8,10-13,19-20,24,26,34H,9,14-18H2,1-4H3,(H,31,37)(H,32,36)/t20-,24+,26+/m1/s1. The van der Waals surface area contributed by atoms with Gasteiger partial charge in [-0.25, -0.2) is 4.98 Å². The van der Waals surface area contributed by atoms with Crippen molar-refractivity contribution >= 4 is 24.9 Å². The van der Waals surface area contributed by atoms with Gasteiger partial charge in [0.2, 0.25) is 5.91 Å².